The van der Waals surface area contributed by atoms with E-state index in [0.717, 1.165) is 36.4 Å². The SMILES string of the molecule is CCCCSc1nc(N)cc(N[C@H]2CCOC2)n1. The molecule has 1 saturated heterocycles. The molecule has 0 unspecified atom stereocenters. The summed E-state index contributed by atoms with van der Waals surface area (Å²) in [7, 11) is 0. The van der Waals surface area contributed by atoms with E-state index in [0.29, 0.717) is 11.9 Å². The maximum atomic E-state index is 5.80. The molecule has 0 saturated carbocycles. The van der Waals surface area contributed by atoms with E-state index in [4.69, 9.17) is 10.5 Å². The quantitative estimate of drug-likeness (QED) is 0.468. The first kappa shape index (κ1) is 13.4. The van der Waals surface area contributed by atoms with Crippen LogP contribution in [0.3, 0.4) is 0 Å². The van der Waals surface area contributed by atoms with Crippen LogP contribution in [0.5, 0.6) is 0 Å². The number of anilines is 2. The first-order chi connectivity index (χ1) is 8.78. The van der Waals surface area contributed by atoms with Gasteiger partial charge in [0.2, 0.25) is 0 Å². The fourth-order valence-electron chi connectivity index (χ4n) is 1.75. The van der Waals surface area contributed by atoms with Crippen LogP contribution >= 0.6 is 11.8 Å². The zero-order valence-electron chi connectivity index (χ0n) is 10.7. The van der Waals surface area contributed by atoms with Crippen molar-refractivity contribution in [2.24, 2.45) is 0 Å². The van der Waals surface area contributed by atoms with Gasteiger partial charge < -0.3 is 15.8 Å². The average molecular weight is 268 g/mol. The highest BCUT2D eigenvalue weighted by Gasteiger charge is 2.16. The van der Waals surface area contributed by atoms with Crippen molar-refractivity contribution in [1.29, 1.82) is 0 Å². The van der Waals surface area contributed by atoms with Gasteiger partial charge >= 0.3 is 0 Å². The van der Waals surface area contributed by atoms with E-state index in [1.165, 1.54) is 12.8 Å². The summed E-state index contributed by atoms with van der Waals surface area (Å²) < 4.78 is 5.33. The Balaban J connectivity index is 1.96. The first-order valence-electron chi connectivity index (χ1n) is 6.39. The third kappa shape index (κ3) is 4.03. The van der Waals surface area contributed by atoms with Crippen molar-refractivity contribution >= 4 is 23.4 Å². The molecule has 1 fully saturated rings. The molecule has 18 heavy (non-hydrogen) atoms. The lowest BCUT2D eigenvalue weighted by Gasteiger charge is -2.12. The number of nitrogen functional groups attached to an aromatic ring is 1. The summed E-state index contributed by atoms with van der Waals surface area (Å²) >= 11 is 1.66. The van der Waals surface area contributed by atoms with E-state index in [1.807, 2.05) is 0 Å². The van der Waals surface area contributed by atoms with Gasteiger partial charge in [-0.15, -0.1) is 0 Å². The Morgan fingerprint density at radius 1 is 1.56 bits per heavy atom. The van der Waals surface area contributed by atoms with Gasteiger partial charge in [-0.3, -0.25) is 0 Å². The van der Waals surface area contributed by atoms with Crippen molar-refractivity contribution in [1.82, 2.24) is 9.97 Å². The van der Waals surface area contributed by atoms with Gasteiger partial charge in [0.25, 0.3) is 0 Å². The van der Waals surface area contributed by atoms with Gasteiger partial charge in [-0.2, -0.15) is 0 Å². The van der Waals surface area contributed by atoms with Gasteiger partial charge in [0.15, 0.2) is 5.16 Å². The number of hydrogen-bond donors (Lipinski definition) is 2. The molecule has 1 aliphatic heterocycles. The lowest BCUT2D eigenvalue weighted by Crippen LogP contribution is -2.20. The Kier molecular flexibility index (Phi) is 5.07. The minimum Gasteiger partial charge on any atom is -0.383 e. The summed E-state index contributed by atoms with van der Waals surface area (Å²) in [5.74, 6) is 2.36. The van der Waals surface area contributed by atoms with E-state index in [1.54, 1.807) is 17.8 Å². The molecule has 3 N–H and O–H groups in total. The molecule has 2 rings (SSSR count). The minimum atomic E-state index is 0.341. The van der Waals surface area contributed by atoms with Crippen molar-refractivity contribution in [3.8, 4) is 0 Å². The predicted octanol–water partition coefficient (Wildman–Crippen LogP) is 2.15. The molecule has 0 radical (unpaired) electrons. The van der Waals surface area contributed by atoms with Crippen LogP contribution in [0.15, 0.2) is 11.2 Å². The fourth-order valence-corrected chi connectivity index (χ4v) is 2.70. The zero-order valence-corrected chi connectivity index (χ0v) is 11.5. The number of nitrogens with one attached hydrogen (secondary N) is 1. The van der Waals surface area contributed by atoms with Crippen LogP contribution in [0.1, 0.15) is 26.2 Å². The summed E-state index contributed by atoms with van der Waals surface area (Å²) in [5.41, 5.74) is 5.80. The van der Waals surface area contributed by atoms with Crippen LogP contribution in [-0.2, 0) is 4.74 Å². The molecule has 1 aromatic rings. The molecular formula is C12H20N4OS. The zero-order chi connectivity index (χ0) is 12.8. The number of hydrogen-bond acceptors (Lipinski definition) is 6. The Morgan fingerprint density at radius 3 is 3.17 bits per heavy atom. The van der Waals surface area contributed by atoms with E-state index < -0.39 is 0 Å². The molecule has 100 valence electrons. The highest BCUT2D eigenvalue weighted by molar-refractivity contribution is 7.99. The monoisotopic (exact) mass is 268 g/mol. The molecule has 0 aliphatic carbocycles. The number of aromatic nitrogens is 2. The predicted molar refractivity (Wildman–Crippen MR) is 74.9 cm³/mol. The van der Waals surface area contributed by atoms with Gasteiger partial charge in [0, 0.05) is 18.4 Å². The molecular weight excluding hydrogens is 248 g/mol. The largest absolute Gasteiger partial charge is 0.383 e. The highest BCUT2D eigenvalue weighted by atomic mass is 32.2. The topological polar surface area (TPSA) is 73.1 Å². The third-order valence-corrected chi connectivity index (χ3v) is 3.67. The Bertz CT molecular complexity index is 382. The molecule has 1 aliphatic rings. The minimum absolute atomic E-state index is 0.341. The normalized spacial score (nSPS) is 19.1. The summed E-state index contributed by atoms with van der Waals surface area (Å²) in [6, 6.07) is 2.12. The van der Waals surface area contributed by atoms with Crippen LogP contribution in [0.2, 0.25) is 0 Å². The second-order valence-corrected chi connectivity index (χ2v) is 5.43. The molecule has 0 aromatic carbocycles. The van der Waals surface area contributed by atoms with E-state index >= 15 is 0 Å². The molecule has 5 nitrogen and oxygen atoms in total. The van der Waals surface area contributed by atoms with Crippen molar-refractivity contribution in [2.75, 3.05) is 30.0 Å². The van der Waals surface area contributed by atoms with Crippen LogP contribution in [-0.4, -0.2) is 35.0 Å². The van der Waals surface area contributed by atoms with Gasteiger partial charge in [0.05, 0.1) is 12.6 Å². The van der Waals surface area contributed by atoms with Crippen molar-refractivity contribution in [2.45, 2.75) is 37.4 Å². The van der Waals surface area contributed by atoms with Gasteiger partial charge in [-0.1, -0.05) is 25.1 Å². The summed E-state index contributed by atoms with van der Waals surface area (Å²) in [4.78, 5) is 8.71. The van der Waals surface area contributed by atoms with Crippen LogP contribution in [0.25, 0.3) is 0 Å². The van der Waals surface area contributed by atoms with Crippen LogP contribution < -0.4 is 11.1 Å². The number of rotatable bonds is 6. The van der Waals surface area contributed by atoms with E-state index in [2.05, 4.69) is 22.2 Å². The molecule has 1 aromatic heterocycles. The van der Waals surface area contributed by atoms with Crippen LogP contribution in [0, 0.1) is 0 Å². The molecule has 0 amide bonds. The smallest absolute Gasteiger partial charge is 0.191 e. The van der Waals surface area contributed by atoms with Crippen molar-refractivity contribution in [3.63, 3.8) is 0 Å². The Morgan fingerprint density at radius 2 is 2.44 bits per heavy atom. The van der Waals surface area contributed by atoms with Crippen LogP contribution in [0.4, 0.5) is 11.6 Å². The molecule has 1 atom stereocenters. The first-order valence-corrected chi connectivity index (χ1v) is 7.38. The average Bonchev–Trinajstić information content (AvgIpc) is 2.81. The van der Waals surface area contributed by atoms with E-state index in [-0.39, 0.29) is 0 Å². The number of nitrogens with two attached hydrogens (primary N) is 1. The fraction of sp³-hybridized carbons (Fsp3) is 0.667. The lowest BCUT2D eigenvalue weighted by atomic mass is 10.2. The second-order valence-electron chi connectivity index (χ2n) is 4.37. The molecule has 0 spiro atoms. The maximum absolute atomic E-state index is 5.80. The standard InChI is InChI=1S/C12H20N4OS/c1-2-3-6-18-12-15-10(13)7-11(16-12)14-9-4-5-17-8-9/h7,9H,2-6,8H2,1H3,(H3,13,14,15,16)/t9-/m0/s1. The van der Waals surface area contributed by atoms with E-state index in [9.17, 15) is 0 Å². The van der Waals surface area contributed by atoms with Crippen molar-refractivity contribution in [3.05, 3.63) is 6.07 Å². The Hall–Kier alpha value is -1.01. The molecule has 6 heteroatoms. The summed E-state index contributed by atoms with van der Waals surface area (Å²) in [6.45, 7) is 3.73. The summed E-state index contributed by atoms with van der Waals surface area (Å²) in [6.07, 6.45) is 3.37. The molecule has 0 bridgehead atoms. The molecule has 2 heterocycles. The van der Waals surface area contributed by atoms with Gasteiger partial charge in [-0.25, -0.2) is 9.97 Å². The Labute approximate surface area is 112 Å². The third-order valence-electron chi connectivity index (χ3n) is 2.74. The maximum Gasteiger partial charge on any atom is 0.191 e. The second kappa shape index (κ2) is 6.80. The number of unbranched alkanes of at least 4 members (excludes halogenated alkanes) is 1. The summed E-state index contributed by atoms with van der Waals surface area (Å²) in [5, 5.41) is 4.10. The van der Waals surface area contributed by atoms with Gasteiger partial charge in [-0.05, 0) is 12.8 Å². The number of thioether (sulfide) groups is 1. The number of ether oxygens (including phenoxy) is 1. The lowest BCUT2D eigenvalue weighted by molar-refractivity contribution is 0.195. The van der Waals surface area contributed by atoms with Crippen molar-refractivity contribution < 1.29 is 4.74 Å². The number of nitrogens with zero attached hydrogens (tertiary/aromatic N) is 2. The van der Waals surface area contributed by atoms with Gasteiger partial charge in [0.1, 0.15) is 11.6 Å². The highest BCUT2D eigenvalue weighted by Crippen LogP contribution is 2.20.